The first-order chi connectivity index (χ1) is 10.5. The van der Waals surface area contributed by atoms with Gasteiger partial charge < -0.3 is 19.5 Å². The minimum absolute atomic E-state index is 0.0467. The van der Waals surface area contributed by atoms with Gasteiger partial charge in [0, 0.05) is 31.7 Å². The quantitative estimate of drug-likeness (QED) is 0.744. The van der Waals surface area contributed by atoms with E-state index in [0.717, 1.165) is 5.56 Å². The third-order valence-electron chi connectivity index (χ3n) is 3.10. The number of ether oxygens (including phenoxy) is 2. The lowest BCUT2D eigenvalue weighted by atomic mass is 10.1. The molecule has 6 heteroatoms. The summed E-state index contributed by atoms with van der Waals surface area (Å²) in [4.78, 5) is 23.9. The van der Waals surface area contributed by atoms with Crippen molar-refractivity contribution in [1.29, 1.82) is 0 Å². The number of aliphatic carboxylic acids is 1. The number of nitrogens with zero attached hydrogens (tertiary/aromatic N) is 1. The normalized spacial score (nSPS) is 10.5. The lowest BCUT2D eigenvalue weighted by Crippen LogP contribution is -2.26. The Balaban J connectivity index is 2.70. The highest BCUT2D eigenvalue weighted by Gasteiger charge is 2.07. The summed E-state index contributed by atoms with van der Waals surface area (Å²) >= 11 is 0. The van der Waals surface area contributed by atoms with Crippen LogP contribution in [0.15, 0.2) is 24.3 Å². The molecule has 1 N–H and O–H groups in total. The van der Waals surface area contributed by atoms with Crippen LogP contribution >= 0.6 is 0 Å². The Morgan fingerprint density at radius 1 is 1.27 bits per heavy atom. The van der Waals surface area contributed by atoms with E-state index < -0.39 is 5.97 Å². The molecule has 0 saturated carbocycles. The second-order valence-corrected chi connectivity index (χ2v) is 4.70. The highest BCUT2D eigenvalue weighted by Crippen LogP contribution is 2.25. The smallest absolute Gasteiger partial charge is 0.303 e. The van der Waals surface area contributed by atoms with Crippen molar-refractivity contribution in [1.82, 2.24) is 4.90 Å². The van der Waals surface area contributed by atoms with Crippen LogP contribution in [0.2, 0.25) is 0 Å². The van der Waals surface area contributed by atoms with Gasteiger partial charge in [-0.2, -0.15) is 0 Å². The van der Waals surface area contributed by atoms with Crippen LogP contribution in [-0.2, 0) is 9.59 Å². The number of hydrogen-bond acceptors (Lipinski definition) is 4. The number of carbonyl (C=O) groups excluding carboxylic acids is 1. The second kappa shape index (κ2) is 8.71. The van der Waals surface area contributed by atoms with Crippen molar-refractivity contribution in [3.63, 3.8) is 0 Å². The van der Waals surface area contributed by atoms with Crippen molar-refractivity contribution in [3.05, 3.63) is 29.8 Å². The third-order valence-corrected chi connectivity index (χ3v) is 3.10. The van der Waals surface area contributed by atoms with Gasteiger partial charge >= 0.3 is 5.97 Å². The molecule has 1 aromatic carbocycles. The van der Waals surface area contributed by atoms with E-state index in [1.807, 2.05) is 0 Å². The molecule has 0 bridgehead atoms. The Labute approximate surface area is 129 Å². The molecular formula is C16H21NO5. The van der Waals surface area contributed by atoms with Gasteiger partial charge in [0.1, 0.15) is 11.5 Å². The SMILES string of the molecule is COc1ccc(OC)c(/C=C/C(=O)N(C)CCCC(=O)O)c1. The summed E-state index contributed by atoms with van der Waals surface area (Å²) < 4.78 is 10.4. The number of carboxylic acid groups (broad SMARTS) is 1. The van der Waals surface area contributed by atoms with Gasteiger partial charge in [-0.1, -0.05) is 0 Å². The topological polar surface area (TPSA) is 76.1 Å². The van der Waals surface area contributed by atoms with Crippen LogP contribution in [0.1, 0.15) is 18.4 Å². The van der Waals surface area contributed by atoms with Gasteiger partial charge in [-0.3, -0.25) is 9.59 Å². The van der Waals surface area contributed by atoms with E-state index in [1.54, 1.807) is 45.5 Å². The minimum atomic E-state index is -0.863. The Morgan fingerprint density at radius 3 is 2.59 bits per heavy atom. The zero-order valence-electron chi connectivity index (χ0n) is 13.0. The Hall–Kier alpha value is -2.50. The molecule has 0 radical (unpaired) electrons. The van der Waals surface area contributed by atoms with Crippen LogP contribution < -0.4 is 9.47 Å². The fourth-order valence-corrected chi connectivity index (χ4v) is 1.84. The molecule has 0 spiro atoms. The third kappa shape index (κ3) is 5.47. The first kappa shape index (κ1) is 17.6. The van der Waals surface area contributed by atoms with Crippen molar-refractivity contribution in [2.45, 2.75) is 12.8 Å². The van der Waals surface area contributed by atoms with E-state index in [0.29, 0.717) is 24.5 Å². The molecule has 6 nitrogen and oxygen atoms in total. The average molecular weight is 307 g/mol. The average Bonchev–Trinajstić information content (AvgIpc) is 2.51. The van der Waals surface area contributed by atoms with Gasteiger partial charge in [-0.15, -0.1) is 0 Å². The van der Waals surface area contributed by atoms with Crippen LogP contribution in [0.5, 0.6) is 11.5 Å². The molecular weight excluding hydrogens is 286 g/mol. The minimum Gasteiger partial charge on any atom is -0.497 e. The fraction of sp³-hybridized carbons (Fsp3) is 0.375. The number of benzene rings is 1. The van der Waals surface area contributed by atoms with Gasteiger partial charge in [0.15, 0.2) is 0 Å². The van der Waals surface area contributed by atoms with Gasteiger partial charge in [0.05, 0.1) is 14.2 Å². The van der Waals surface area contributed by atoms with Crippen LogP contribution in [0, 0.1) is 0 Å². The molecule has 0 unspecified atom stereocenters. The van der Waals surface area contributed by atoms with Crippen molar-refractivity contribution in [3.8, 4) is 11.5 Å². The molecule has 22 heavy (non-hydrogen) atoms. The molecule has 1 aromatic rings. The van der Waals surface area contributed by atoms with Crippen molar-refractivity contribution < 1.29 is 24.2 Å². The molecule has 1 amide bonds. The standard InChI is InChI=1S/C16H21NO5/c1-17(10-4-5-16(19)20)15(18)9-6-12-11-13(21-2)7-8-14(12)22-3/h6-9,11H,4-5,10H2,1-3H3,(H,19,20)/b9-6+. The second-order valence-electron chi connectivity index (χ2n) is 4.70. The van der Waals surface area contributed by atoms with Crippen molar-refractivity contribution in [2.24, 2.45) is 0 Å². The van der Waals surface area contributed by atoms with E-state index >= 15 is 0 Å². The highest BCUT2D eigenvalue weighted by atomic mass is 16.5. The van der Waals surface area contributed by atoms with Crippen LogP contribution in [0.4, 0.5) is 0 Å². The van der Waals surface area contributed by atoms with Gasteiger partial charge in [0.2, 0.25) is 5.91 Å². The molecule has 120 valence electrons. The van der Waals surface area contributed by atoms with Crippen LogP contribution in [0.25, 0.3) is 6.08 Å². The summed E-state index contributed by atoms with van der Waals surface area (Å²) in [6.07, 6.45) is 3.55. The molecule has 0 aliphatic heterocycles. The Bertz CT molecular complexity index is 553. The number of carbonyl (C=O) groups is 2. The molecule has 0 heterocycles. The first-order valence-electron chi connectivity index (χ1n) is 6.85. The largest absolute Gasteiger partial charge is 0.497 e. The molecule has 1 rings (SSSR count). The van der Waals surface area contributed by atoms with Crippen LogP contribution in [-0.4, -0.2) is 49.7 Å². The summed E-state index contributed by atoms with van der Waals surface area (Å²) in [6.45, 7) is 0.394. The monoisotopic (exact) mass is 307 g/mol. The highest BCUT2D eigenvalue weighted by molar-refractivity contribution is 5.92. The molecule has 0 aliphatic rings. The number of carboxylic acids is 1. The molecule has 0 atom stereocenters. The molecule has 0 fully saturated rings. The van der Waals surface area contributed by atoms with Crippen molar-refractivity contribution in [2.75, 3.05) is 27.8 Å². The van der Waals surface area contributed by atoms with E-state index in [9.17, 15) is 9.59 Å². The van der Waals surface area contributed by atoms with Gasteiger partial charge in [-0.25, -0.2) is 0 Å². The van der Waals surface area contributed by atoms with E-state index in [1.165, 1.54) is 11.0 Å². The zero-order chi connectivity index (χ0) is 16.5. The van der Waals surface area contributed by atoms with E-state index in [-0.39, 0.29) is 12.3 Å². The maximum Gasteiger partial charge on any atom is 0.303 e. The predicted molar refractivity (Wildman–Crippen MR) is 83.1 cm³/mol. The maximum atomic E-state index is 12.0. The first-order valence-corrected chi connectivity index (χ1v) is 6.85. The van der Waals surface area contributed by atoms with Crippen LogP contribution in [0.3, 0.4) is 0 Å². The summed E-state index contributed by atoms with van der Waals surface area (Å²) in [5.74, 6) is 0.244. The number of rotatable bonds is 8. The zero-order valence-corrected chi connectivity index (χ0v) is 13.0. The van der Waals surface area contributed by atoms with Gasteiger partial charge in [0.25, 0.3) is 0 Å². The van der Waals surface area contributed by atoms with Gasteiger partial charge in [-0.05, 0) is 30.7 Å². The number of methoxy groups -OCH3 is 2. The molecule has 0 aromatic heterocycles. The maximum absolute atomic E-state index is 12.0. The van der Waals surface area contributed by atoms with Crippen molar-refractivity contribution >= 4 is 18.0 Å². The lowest BCUT2D eigenvalue weighted by Gasteiger charge is -2.14. The number of amides is 1. The summed E-state index contributed by atoms with van der Waals surface area (Å²) in [7, 11) is 4.76. The summed E-state index contributed by atoms with van der Waals surface area (Å²) in [5, 5.41) is 8.58. The Morgan fingerprint density at radius 2 is 2.00 bits per heavy atom. The molecule has 0 saturated heterocycles. The predicted octanol–water partition coefficient (Wildman–Crippen LogP) is 2.04. The lowest BCUT2D eigenvalue weighted by molar-refractivity contribution is -0.137. The number of hydrogen-bond donors (Lipinski definition) is 1. The van der Waals surface area contributed by atoms with E-state index in [4.69, 9.17) is 14.6 Å². The fourth-order valence-electron chi connectivity index (χ4n) is 1.84. The molecule has 0 aliphatic carbocycles. The summed E-state index contributed by atoms with van der Waals surface area (Å²) in [6, 6.07) is 5.31. The Kier molecular flexibility index (Phi) is 6.95. The number of likely N-dealkylation sites (N-methyl/N-ethyl adjacent to an activating group) is 1. The summed E-state index contributed by atoms with van der Waals surface area (Å²) in [5.41, 5.74) is 0.731. The van der Waals surface area contributed by atoms with E-state index in [2.05, 4.69) is 0 Å².